The van der Waals surface area contributed by atoms with E-state index in [2.05, 4.69) is 29.5 Å². The number of amides is 1. The molecule has 0 saturated carbocycles. The maximum absolute atomic E-state index is 12.5. The summed E-state index contributed by atoms with van der Waals surface area (Å²) >= 11 is 0. The predicted octanol–water partition coefficient (Wildman–Crippen LogP) is 4.05. The molecule has 1 amide bonds. The number of ether oxygens (including phenoxy) is 1. The van der Waals surface area contributed by atoms with Crippen molar-refractivity contribution in [2.45, 2.75) is 33.7 Å². The minimum absolute atomic E-state index is 0.0539. The van der Waals surface area contributed by atoms with E-state index >= 15 is 0 Å². The van der Waals surface area contributed by atoms with Crippen LogP contribution in [0.4, 0.5) is 5.69 Å². The van der Waals surface area contributed by atoms with E-state index in [1.165, 1.54) is 11.1 Å². The smallest absolute Gasteiger partial charge is 0.228 e. The molecule has 0 saturated heterocycles. The monoisotopic (exact) mass is 363 g/mol. The Bertz CT molecular complexity index is 943. The van der Waals surface area contributed by atoms with Gasteiger partial charge in [-0.25, -0.2) is 0 Å². The van der Waals surface area contributed by atoms with Crippen LogP contribution in [0.3, 0.4) is 0 Å². The number of rotatable bonds is 6. The number of carbonyl (C=O) groups is 1. The molecule has 3 rings (SSSR count). The lowest BCUT2D eigenvalue weighted by Gasteiger charge is -2.09. The number of hydrogen-bond acceptors (Lipinski definition) is 3. The number of benzene rings is 2. The molecule has 1 N–H and O–H groups in total. The SMILES string of the molecule is COc1ccc(CC(=O)Nc2c(C)nn(Cc3ccccc3C)c2C)cc1. The Morgan fingerprint density at radius 2 is 1.78 bits per heavy atom. The fraction of sp³-hybridized carbons (Fsp3) is 0.273. The van der Waals surface area contributed by atoms with Gasteiger partial charge in [0.1, 0.15) is 5.75 Å². The summed E-state index contributed by atoms with van der Waals surface area (Å²) in [6, 6.07) is 15.8. The Morgan fingerprint density at radius 1 is 1.07 bits per heavy atom. The van der Waals surface area contributed by atoms with Gasteiger partial charge in [0, 0.05) is 0 Å². The highest BCUT2D eigenvalue weighted by Gasteiger charge is 2.15. The third kappa shape index (κ3) is 4.37. The number of carbonyl (C=O) groups excluding carboxylic acids is 1. The van der Waals surface area contributed by atoms with Crippen LogP contribution in [0.25, 0.3) is 0 Å². The molecule has 5 nitrogen and oxygen atoms in total. The van der Waals surface area contributed by atoms with E-state index in [9.17, 15) is 4.79 Å². The molecule has 27 heavy (non-hydrogen) atoms. The second kappa shape index (κ2) is 8.08. The zero-order chi connectivity index (χ0) is 19.4. The van der Waals surface area contributed by atoms with Crippen LogP contribution < -0.4 is 10.1 Å². The molecule has 2 aromatic carbocycles. The van der Waals surface area contributed by atoms with Crippen molar-refractivity contribution >= 4 is 11.6 Å². The van der Waals surface area contributed by atoms with Crippen molar-refractivity contribution in [2.24, 2.45) is 0 Å². The Morgan fingerprint density at radius 3 is 2.44 bits per heavy atom. The van der Waals surface area contributed by atoms with Crippen molar-refractivity contribution in [1.29, 1.82) is 0 Å². The lowest BCUT2D eigenvalue weighted by Crippen LogP contribution is -2.15. The third-order valence-corrected chi connectivity index (χ3v) is 4.75. The van der Waals surface area contributed by atoms with E-state index in [0.717, 1.165) is 28.4 Å². The molecule has 0 unspecified atom stereocenters. The van der Waals surface area contributed by atoms with Gasteiger partial charge in [0.15, 0.2) is 0 Å². The minimum Gasteiger partial charge on any atom is -0.497 e. The van der Waals surface area contributed by atoms with E-state index in [-0.39, 0.29) is 5.91 Å². The molecule has 5 heteroatoms. The topological polar surface area (TPSA) is 56.1 Å². The molecule has 1 aromatic heterocycles. The van der Waals surface area contributed by atoms with E-state index in [1.807, 2.05) is 54.9 Å². The summed E-state index contributed by atoms with van der Waals surface area (Å²) in [5, 5.41) is 7.64. The molecule has 0 bridgehead atoms. The summed E-state index contributed by atoms with van der Waals surface area (Å²) in [4.78, 5) is 12.5. The zero-order valence-corrected chi connectivity index (χ0v) is 16.2. The van der Waals surface area contributed by atoms with Crippen molar-refractivity contribution < 1.29 is 9.53 Å². The normalized spacial score (nSPS) is 10.7. The Kier molecular flexibility index (Phi) is 5.60. The second-order valence-corrected chi connectivity index (χ2v) is 6.70. The first-order valence-electron chi connectivity index (χ1n) is 8.99. The summed E-state index contributed by atoms with van der Waals surface area (Å²) in [5.41, 5.74) is 5.97. The van der Waals surface area contributed by atoms with Crippen LogP contribution in [-0.4, -0.2) is 22.8 Å². The van der Waals surface area contributed by atoms with Crippen LogP contribution in [0.5, 0.6) is 5.75 Å². The maximum atomic E-state index is 12.5. The number of nitrogens with zero attached hydrogens (tertiary/aromatic N) is 2. The predicted molar refractivity (Wildman–Crippen MR) is 107 cm³/mol. The van der Waals surface area contributed by atoms with Crippen LogP contribution in [0.15, 0.2) is 48.5 Å². The van der Waals surface area contributed by atoms with Crippen LogP contribution in [0, 0.1) is 20.8 Å². The Hall–Kier alpha value is -3.08. The minimum atomic E-state index is -0.0539. The van der Waals surface area contributed by atoms with Crippen molar-refractivity contribution in [1.82, 2.24) is 9.78 Å². The molecule has 1 heterocycles. The summed E-state index contributed by atoms with van der Waals surface area (Å²) in [6.45, 7) is 6.69. The van der Waals surface area contributed by atoms with Crippen LogP contribution >= 0.6 is 0 Å². The van der Waals surface area contributed by atoms with E-state index in [1.54, 1.807) is 7.11 Å². The Labute approximate surface area is 160 Å². The lowest BCUT2D eigenvalue weighted by molar-refractivity contribution is -0.115. The first-order chi connectivity index (χ1) is 13.0. The van der Waals surface area contributed by atoms with Gasteiger partial charge in [-0.1, -0.05) is 36.4 Å². The Balaban J connectivity index is 1.72. The molecule has 0 aliphatic carbocycles. The molecule has 0 spiro atoms. The average Bonchev–Trinajstić information content (AvgIpc) is 2.91. The van der Waals surface area contributed by atoms with Crippen LogP contribution in [0.1, 0.15) is 28.1 Å². The second-order valence-electron chi connectivity index (χ2n) is 6.70. The number of nitrogens with one attached hydrogen (secondary N) is 1. The summed E-state index contributed by atoms with van der Waals surface area (Å²) in [6.07, 6.45) is 0.311. The molecule has 0 radical (unpaired) electrons. The van der Waals surface area contributed by atoms with Gasteiger partial charge < -0.3 is 10.1 Å². The van der Waals surface area contributed by atoms with Crippen molar-refractivity contribution in [3.8, 4) is 5.75 Å². The summed E-state index contributed by atoms with van der Waals surface area (Å²) < 4.78 is 7.09. The fourth-order valence-electron chi connectivity index (χ4n) is 3.09. The van der Waals surface area contributed by atoms with Gasteiger partial charge in [0.05, 0.1) is 37.2 Å². The quantitative estimate of drug-likeness (QED) is 0.719. The largest absolute Gasteiger partial charge is 0.497 e. The van der Waals surface area contributed by atoms with Crippen molar-refractivity contribution in [3.63, 3.8) is 0 Å². The van der Waals surface area contributed by atoms with Gasteiger partial charge in [-0.15, -0.1) is 0 Å². The number of anilines is 1. The van der Waals surface area contributed by atoms with Crippen molar-refractivity contribution in [2.75, 3.05) is 12.4 Å². The molecule has 0 aliphatic heterocycles. The van der Waals surface area contributed by atoms with E-state index < -0.39 is 0 Å². The van der Waals surface area contributed by atoms with Gasteiger partial charge in [-0.05, 0) is 49.6 Å². The fourth-order valence-corrected chi connectivity index (χ4v) is 3.09. The third-order valence-electron chi connectivity index (χ3n) is 4.75. The summed E-state index contributed by atoms with van der Waals surface area (Å²) in [5.74, 6) is 0.727. The van der Waals surface area contributed by atoms with Crippen LogP contribution in [-0.2, 0) is 17.8 Å². The van der Waals surface area contributed by atoms with E-state index in [4.69, 9.17) is 4.74 Å². The van der Waals surface area contributed by atoms with Gasteiger partial charge in [-0.3, -0.25) is 9.48 Å². The number of aromatic nitrogens is 2. The molecule has 3 aromatic rings. The standard InChI is InChI=1S/C22H25N3O2/c1-15-7-5-6-8-19(15)14-25-17(3)22(16(2)24-25)23-21(26)13-18-9-11-20(27-4)12-10-18/h5-12H,13-14H2,1-4H3,(H,23,26). The number of hydrogen-bond donors (Lipinski definition) is 1. The van der Waals surface area contributed by atoms with Gasteiger partial charge in [-0.2, -0.15) is 5.10 Å². The summed E-state index contributed by atoms with van der Waals surface area (Å²) in [7, 11) is 1.63. The highest BCUT2D eigenvalue weighted by molar-refractivity contribution is 5.93. The molecular weight excluding hydrogens is 338 g/mol. The van der Waals surface area contributed by atoms with Gasteiger partial charge in [0.2, 0.25) is 5.91 Å². The average molecular weight is 363 g/mol. The lowest BCUT2D eigenvalue weighted by atomic mass is 10.1. The molecular formula is C22H25N3O2. The van der Waals surface area contributed by atoms with E-state index in [0.29, 0.717) is 13.0 Å². The maximum Gasteiger partial charge on any atom is 0.228 e. The van der Waals surface area contributed by atoms with Crippen molar-refractivity contribution in [3.05, 3.63) is 76.6 Å². The first kappa shape index (κ1) is 18.7. The van der Waals surface area contributed by atoms with Gasteiger partial charge >= 0.3 is 0 Å². The molecule has 0 aliphatic rings. The van der Waals surface area contributed by atoms with Gasteiger partial charge in [0.25, 0.3) is 0 Å². The zero-order valence-electron chi connectivity index (χ0n) is 16.2. The highest BCUT2D eigenvalue weighted by Crippen LogP contribution is 2.22. The number of aryl methyl sites for hydroxylation is 2. The number of methoxy groups -OCH3 is 1. The molecule has 0 atom stereocenters. The first-order valence-corrected chi connectivity index (χ1v) is 8.99. The van der Waals surface area contributed by atoms with Crippen LogP contribution in [0.2, 0.25) is 0 Å². The molecule has 0 fully saturated rings. The highest BCUT2D eigenvalue weighted by atomic mass is 16.5. The molecule has 140 valence electrons.